The maximum absolute atomic E-state index is 12.5. The fourth-order valence-electron chi connectivity index (χ4n) is 2.87. The van der Waals surface area contributed by atoms with Gasteiger partial charge >= 0.3 is 0 Å². The summed E-state index contributed by atoms with van der Waals surface area (Å²) in [4.78, 5) is 25.5. The van der Waals surface area contributed by atoms with Crippen molar-refractivity contribution in [3.63, 3.8) is 0 Å². The van der Waals surface area contributed by atoms with Crippen molar-refractivity contribution in [2.24, 2.45) is 11.7 Å². The summed E-state index contributed by atoms with van der Waals surface area (Å²) in [5, 5.41) is 3.34. The molecular weight excluding hydrogens is 246 g/mol. The van der Waals surface area contributed by atoms with Gasteiger partial charge in [0.1, 0.15) is 6.04 Å². The van der Waals surface area contributed by atoms with Gasteiger partial charge in [0.2, 0.25) is 11.8 Å². The Hall–Kier alpha value is -1.14. The number of hydrogen-bond donors (Lipinski definition) is 2. The SMILES string of the molecule is CCCNC1COCC1C(=O)N1CCCC1C(N)=O. The number of nitrogens with two attached hydrogens (primary N) is 1. The molecule has 3 unspecified atom stereocenters. The number of ether oxygens (including phenoxy) is 1. The number of amides is 2. The Kier molecular flexibility index (Phi) is 4.76. The van der Waals surface area contributed by atoms with E-state index in [4.69, 9.17) is 10.5 Å². The molecule has 6 nitrogen and oxygen atoms in total. The first-order chi connectivity index (χ1) is 9.15. The maximum Gasteiger partial charge on any atom is 0.240 e. The summed E-state index contributed by atoms with van der Waals surface area (Å²) in [7, 11) is 0. The molecule has 2 amide bonds. The van der Waals surface area contributed by atoms with Crippen molar-refractivity contribution in [2.45, 2.75) is 38.3 Å². The molecule has 0 radical (unpaired) electrons. The van der Waals surface area contributed by atoms with Crippen LogP contribution in [0.3, 0.4) is 0 Å². The van der Waals surface area contributed by atoms with Gasteiger partial charge in [0, 0.05) is 12.6 Å². The number of carbonyl (C=O) groups excluding carboxylic acids is 2. The van der Waals surface area contributed by atoms with Crippen LogP contribution in [0.1, 0.15) is 26.2 Å². The molecule has 0 aliphatic carbocycles. The second-order valence-corrected chi connectivity index (χ2v) is 5.30. The molecule has 19 heavy (non-hydrogen) atoms. The smallest absolute Gasteiger partial charge is 0.240 e. The lowest BCUT2D eigenvalue weighted by atomic mass is 10.0. The van der Waals surface area contributed by atoms with Gasteiger partial charge in [-0.15, -0.1) is 0 Å². The molecule has 0 saturated carbocycles. The van der Waals surface area contributed by atoms with Crippen LogP contribution in [0.15, 0.2) is 0 Å². The maximum atomic E-state index is 12.5. The van der Waals surface area contributed by atoms with Gasteiger partial charge in [-0.3, -0.25) is 9.59 Å². The Labute approximate surface area is 113 Å². The largest absolute Gasteiger partial charge is 0.379 e. The quantitative estimate of drug-likeness (QED) is 0.703. The fraction of sp³-hybridized carbons (Fsp3) is 0.846. The van der Waals surface area contributed by atoms with Crippen molar-refractivity contribution in [1.82, 2.24) is 10.2 Å². The van der Waals surface area contributed by atoms with Gasteiger partial charge in [-0.2, -0.15) is 0 Å². The van der Waals surface area contributed by atoms with Gasteiger partial charge in [-0.05, 0) is 25.8 Å². The normalized spacial score (nSPS) is 30.8. The third kappa shape index (κ3) is 3.06. The highest BCUT2D eigenvalue weighted by atomic mass is 16.5. The zero-order valence-electron chi connectivity index (χ0n) is 11.4. The Balaban J connectivity index is 1.99. The van der Waals surface area contributed by atoms with Gasteiger partial charge in [-0.25, -0.2) is 0 Å². The number of primary amides is 1. The second-order valence-electron chi connectivity index (χ2n) is 5.30. The lowest BCUT2D eigenvalue weighted by Gasteiger charge is -2.27. The summed E-state index contributed by atoms with van der Waals surface area (Å²) in [6.07, 6.45) is 2.55. The minimum Gasteiger partial charge on any atom is -0.379 e. The predicted molar refractivity (Wildman–Crippen MR) is 70.3 cm³/mol. The van der Waals surface area contributed by atoms with E-state index < -0.39 is 11.9 Å². The van der Waals surface area contributed by atoms with Crippen LogP contribution < -0.4 is 11.1 Å². The third-order valence-corrected chi connectivity index (χ3v) is 3.92. The van der Waals surface area contributed by atoms with Crippen LogP contribution in [-0.4, -0.2) is 55.1 Å². The van der Waals surface area contributed by atoms with Crippen LogP contribution in [0.5, 0.6) is 0 Å². The second kappa shape index (κ2) is 6.34. The molecule has 108 valence electrons. The topological polar surface area (TPSA) is 84.7 Å². The van der Waals surface area contributed by atoms with Crippen LogP contribution in [-0.2, 0) is 14.3 Å². The van der Waals surface area contributed by atoms with E-state index in [2.05, 4.69) is 12.2 Å². The summed E-state index contributed by atoms with van der Waals surface area (Å²) in [5.41, 5.74) is 5.36. The average Bonchev–Trinajstić information content (AvgIpc) is 3.04. The van der Waals surface area contributed by atoms with Crippen LogP contribution in [0.25, 0.3) is 0 Å². The Morgan fingerprint density at radius 2 is 2.21 bits per heavy atom. The van der Waals surface area contributed by atoms with Crippen molar-refractivity contribution in [3.05, 3.63) is 0 Å². The van der Waals surface area contributed by atoms with E-state index in [0.717, 1.165) is 19.4 Å². The molecule has 2 aliphatic rings. The highest BCUT2D eigenvalue weighted by Crippen LogP contribution is 2.23. The molecule has 3 N–H and O–H groups in total. The molecule has 6 heteroatoms. The summed E-state index contributed by atoms with van der Waals surface area (Å²) in [6, 6.07) is -0.374. The van der Waals surface area contributed by atoms with E-state index >= 15 is 0 Å². The van der Waals surface area contributed by atoms with E-state index in [1.807, 2.05) is 0 Å². The first kappa shape index (κ1) is 14.3. The first-order valence-electron chi connectivity index (χ1n) is 7.06. The Bertz CT molecular complexity index is 348. The number of hydrogen-bond acceptors (Lipinski definition) is 4. The van der Waals surface area contributed by atoms with Gasteiger partial charge in [-0.1, -0.05) is 6.92 Å². The number of nitrogens with zero attached hydrogens (tertiary/aromatic N) is 1. The molecule has 0 aromatic carbocycles. The molecule has 2 heterocycles. The monoisotopic (exact) mass is 269 g/mol. The van der Waals surface area contributed by atoms with Gasteiger partial charge in [0.25, 0.3) is 0 Å². The standard InChI is InChI=1S/C13H23N3O3/c1-2-5-15-10-8-19-7-9(10)13(18)16-6-3-4-11(16)12(14)17/h9-11,15H,2-8H2,1H3,(H2,14,17). The van der Waals surface area contributed by atoms with E-state index in [1.165, 1.54) is 0 Å². The minimum absolute atomic E-state index is 0.00685. The molecule has 2 rings (SSSR count). The van der Waals surface area contributed by atoms with Gasteiger partial charge < -0.3 is 20.7 Å². The Morgan fingerprint density at radius 1 is 1.42 bits per heavy atom. The molecule has 0 aromatic rings. The van der Waals surface area contributed by atoms with E-state index in [-0.39, 0.29) is 17.9 Å². The molecule has 3 atom stereocenters. The van der Waals surface area contributed by atoms with Crippen LogP contribution >= 0.6 is 0 Å². The zero-order chi connectivity index (χ0) is 13.8. The average molecular weight is 269 g/mol. The van der Waals surface area contributed by atoms with Gasteiger partial charge in [0.05, 0.1) is 19.1 Å². The predicted octanol–water partition coefficient (Wildman–Crippen LogP) is -0.523. The first-order valence-corrected chi connectivity index (χ1v) is 7.06. The molecule has 0 spiro atoms. The van der Waals surface area contributed by atoms with Crippen molar-refractivity contribution in [1.29, 1.82) is 0 Å². The van der Waals surface area contributed by atoms with Crippen molar-refractivity contribution >= 4 is 11.8 Å². The number of nitrogens with one attached hydrogen (secondary N) is 1. The molecule has 0 aromatic heterocycles. The fourth-order valence-corrected chi connectivity index (χ4v) is 2.87. The molecule has 0 bridgehead atoms. The van der Waals surface area contributed by atoms with E-state index in [0.29, 0.717) is 26.2 Å². The highest BCUT2D eigenvalue weighted by molar-refractivity contribution is 5.88. The van der Waals surface area contributed by atoms with Crippen LogP contribution in [0.4, 0.5) is 0 Å². The summed E-state index contributed by atoms with van der Waals surface area (Å²) < 4.78 is 5.42. The molecular formula is C13H23N3O3. The van der Waals surface area contributed by atoms with Crippen LogP contribution in [0, 0.1) is 5.92 Å². The summed E-state index contributed by atoms with van der Waals surface area (Å²) in [6.45, 7) is 4.58. The van der Waals surface area contributed by atoms with Crippen molar-refractivity contribution in [2.75, 3.05) is 26.3 Å². The van der Waals surface area contributed by atoms with E-state index in [9.17, 15) is 9.59 Å². The Morgan fingerprint density at radius 3 is 2.89 bits per heavy atom. The summed E-state index contributed by atoms with van der Waals surface area (Å²) >= 11 is 0. The number of rotatable bonds is 5. The molecule has 2 aliphatic heterocycles. The lowest BCUT2D eigenvalue weighted by molar-refractivity contribution is -0.141. The van der Waals surface area contributed by atoms with E-state index in [1.54, 1.807) is 4.90 Å². The number of carbonyl (C=O) groups is 2. The number of likely N-dealkylation sites (tertiary alicyclic amines) is 1. The third-order valence-electron chi connectivity index (χ3n) is 3.92. The zero-order valence-corrected chi connectivity index (χ0v) is 11.4. The van der Waals surface area contributed by atoms with Crippen molar-refractivity contribution in [3.8, 4) is 0 Å². The molecule has 2 fully saturated rings. The minimum atomic E-state index is -0.431. The van der Waals surface area contributed by atoms with Crippen molar-refractivity contribution < 1.29 is 14.3 Å². The van der Waals surface area contributed by atoms with Crippen LogP contribution in [0.2, 0.25) is 0 Å². The lowest BCUT2D eigenvalue weighted by Crippen LogP contribution is -2.50. The summed E-state index contributed by atoms with van der Waals surface area (Å²) in [5.74, 6) is -0.582. The van der Waals surface area contributed by atoms with Gasteiger partial charge in [0.15, 0.2) is 0 Å². The molecule has 2 saturated heterocycles. The highest BCUT2D eigenvalue weighted by Gasteiger charge is 2.41.